The van der Waals surface area contributed by atoms with Gasteiger partial charge in [0.1, 0.15) is 0 Å². The minimum absolute atomic E-state index is 1.03. The zero-order valence-electron chi connectivity index (χ0n) is 11.1. The van der Waals surface area contributed by atoms with Crippen LogP contribution < -0.4 is 0 Å². The van der Waals surface area contributed by atoms with E-state index < -0.39 is 0 Å². The van der Waals surface area contributed by atoms with Crippen LogP contribution in [0, 0.1) is 35.5 Å². The van der Waals surface area contributed by atoms with Crippen molar-refractivity contribution in [3.63, 3.8) is 0 Å². The van der Waals surface area contributed by atoms with E-state index in [0.717, 1.165) is 35.5 Å². The monoisotopic (exact) mass is 220 g/mol. The first kappa shape index (κ1) is 11.1. The first-order valence-corrected chi connectivity index (χ1v) is 7.75. The summed E-state index contributed by atoms with van der Waals surface area (Å²) in [4.78, 5) is 0. The van der Waals surface area contributed by atoms with E-state index in [2.05, 4.69) is 13.8 Å². The van der Waals surface area contributed by atoms with Gasteiger partial charge in [0.25, 0.3) is 0 Å². The zero-order valence-corrected chi connectivity index (χ0v) is 11.1. The maximum Gasteiger partial charge on any atom is -0.0352 e. The smallest absolute Gasteiger partial charge is 0.0352 e. The molecule has 0 heteroatoms. The maximum atomic E-state index is 2.53. The third-order valence-corrected chi connectivity index (χ3v) is 6.20. The molecule has 0 aliphatic heterocycles. The molecule has 0 heterocycles. The molecule has 0 bridgehead atoms. The van der Waals surface area contributed by atoms with Gasteiger partial charge in [-0.2, -0.15) is 0 Å². The Morgan fingerprint density at radius 3 is 2.38 bits per heavy atom. The van der Waals surface area contributed by atoms with Crippen LogP contribution in [-0.4, -0.2) is 0 Å². The Bertz CT molecular complexity index is 244. The molecule has 16 heavy (non-hydrogen) atoms. The molecule has 92 valence electrons. The standard InChI is InChI=1S/C16H28/c1-11-6-8-15-13(10-11)7-9-14-12(2)4-3-5-16(14)15/h11-16H,3-10H2,1-2H3. The predicted molar refractivity (Wildman–Crippen MR) is 69.2 cm³/mol. The second-order valence-corrected chi connectivity index (χ2v) is 7.16. The van der Waals surface area contributed by atoms with Crippen molar-refractivity contribution in [1.29, 1.82) is 0 Å². The molecule has 0 saturated heterocycles. The molecule has 0 aromatic heterocycles. The number of fused-ring (bicyclic) bond motifs is 3. The SMILES string of the molecule is CC1CCC2C(CCC3C(C)CCCC32)C1. The van der Waals surface area contributed by atoms with Gasteiger partial charge in [0.05, 0.1) is 0 Å². The summed E-state index contributed by atoms with van der Waals surface area (Å²) in [6, 6.07) is 0. The molecular formula is C16H28. The lowest BCUT2D eigenvalue weighted by Crippen LogP contribution is -2.42. The molecule has 0 spiro atoms. The van der Waals surface area contributed by atoms with Crippen LogP contribution in [-0.2, 0) is 0 Å². The van der Waals surface area contributed by atoms with Gasteiger partial charge in [-0.15, -0.1) is 0 Å². The van der Waals surface area contributed by atoms with Crippen molar-refractivity contribution in [2.24, 2.45) is 35.5 Å². The van der Waals surface area contributed by atoms with Crippen LogP contribution in [0.1, 0.15) is 65.2 Å². The van der Waals surface area contributed by atoms with Crippen LogP contribution in [0.3, 0.4) is 0 Å². The van der Waals surface area contributed by atoms with E-state index >= 15 is 0 Å². The fraction of sp³-hybridized carbons (Fsp3) is 1.00. The highest BCUT2D eigenvalue weighted by atomic mass is 14.5. The highest BCUT2D eigenvalue weighted by Crippen LogP contribution is 2.53. The summed E-state index contributed by atoms with van der Waals surface area (Å²) >= 11 is 0. The number of hydrogen-bond donors (Lipinski definition) is 0. The Morgan fingerprint density at radius 2 is 1.50 bits per heavy atom. The van der Waals surface area contributed by atoms with Crippen molar-refractivity contribution in [1.82, 2.24) is 0 Å². The molecule has 3 saturated carbocycles. The maximum absolute atomic E-state index is 2.53. The molecule has 6 unspecified atom stereocenters. The van der Waals surface area contributed by atoms with E-state index in [4.69, 9.17) is 0 Å². The summed E-state index contributed by atoms with van der Waals surface area (Å²) < 4.78 is 0. The first-order chi connectivity index (χ1) is 7.75. The van der Waals surface area contributed by atoms with Crippen molar-refractivity contribution in [2.75, 3.05) is 0 Å². The number of hydrogen-bond acceptors (Lipinski definition) is 0. The van der Waals surface area contributed by atoms with Gasteiger partial charge in [-0.3, -0.25) is 0 Å². The predicted octanol–water partition coefficient (Wildman–Crippen LogP) is 4.89. The Kier molecular flexibility index (Phi) is 3.02. The fourth-order valence-electron chi connectivity index (χ4n) is 5.38. The molecule has 3 rings (SSSR count). The van der Waals surface area contributed by atoms with Crippen molar-refractivity contribution < 1.29 is 0 Å². The van der Waals surface area contributed by atoms with Gasteiger partial charge in [-0.25, -0.2) is 0 Å². The third kappa shape index (κ3) is 1.83. The van der Waals surface area contributed by atoms with Gasteiger partial charge < -0.3 is 0 Å². The molecule has 0 nitrogen and oxygen atoms in total. The van der Waals surface area contributed by atoms with Crippen molar-refractivity contribution >= 4 is 0 Å². The summed E-state index contributed by atoms with van der Waals surface area (Å²) in [5.74, 6) is 6.57. The quantitative estimate of drug-likeness (QED) is 0.545. The fourth-order valence-corrected chi connectivity index (χ4v) is 5.38. The highest BCUT2D eigenvalue weighted by Gasteiger charge is 2.44. The summed E-state index contributed by atoms with van der Waals surface area (Å²) in [6.07, 6.45) is 12.4. The van der Waals surface area contributed by atoms with Crippen LogP contribution in [0.25, 0.3) is 0 Å². The molecule has 0 radical (unpaired) electrons. The lowest BCUT2D eigenvalue weighted by Gasteiger charge is -2.51. The molecule has 6 atom stereocenters. The van der Waals surface area contributed by atoms with E-state index in [9.17, 15) is 0 Å². The van der Waals surface area contributed by atoms with Crippen LogP contribution in [0.15, 0.2) is 0 Å². The summed E-state index contributed by atoms with van der Waals surface area (Å²) in [5.41, 5.74) is 0. The van der Waals surface area contributed by atoms with Crippen molar-refractivity contribution in [3.8, 4) is 0 Å². The van der Waals surface area contributed by atoms with Gasteiger partial charge in [0.2, 0.25) is 0 Å². The Balaban J connectivity index is 1.74. The molecule has 3 fully saturated rings. The minimum Gasteiger partial charge on any atom is -0.0625 e. The molecule has 3 aliphatic rings. The summed E-state index contributed by atoms with van der Waals surface area (Å²) in [7, 11) is 0. The lowest BCUT2D eigenvalue weighted by atomic mass is 9.54. The normalized spacial score (nSPS) is 52.9. The average molecular weight is 220 g/mol. The van der Waals surface area contributed by atoms with Crippen molar-refractivity contribution in [2.45, 2.75) is 65.2 Å². The highest BCUT2D eigenvalue weighted by molar-refractivity contribution is 4.94. The average Bonchev–Trinajstić information content (AvgIpc) is 2.28. The van der Waals surface area contributed by atoms with Gasteiger partial charge in [-0.1, -0.05) is 33.1 Å². The van der Waals surface area contributed by atoms with Crippen LogP contribution >= 0.6 is 0 Å². The van der Waals surface area contributed by atoms with E-state index in [1.165, 1.54) is 19.3 Å². The van der Waals surface area contributed by atoms with Crippen LogP contribution in [0.4, 0.5) is 0 Å². The third-order valence-electron chi connectivity index (χ3n) is 6.20. The Labute approximate surface area is 101 Å². The summed E-state index contributed by atoms with van der Waals surface area (Å²) in [5, 5.41) is 0. The van der Waals surface area contributed by atoms with Gasteiger partial charge in [0, 0.05) is 0 Å². The molecule has 0 aromatic rings. The van der Waals surface area contributed by atoms with E-state index in [-0.39, 0.29) is 0 Å². The molecule has 0 amide bonds. The molecule has 0 aromatic carbocycles. The van der Waals surface area contributed by atoms with Gasteiger partial charge in [-0.05, 0) is 67.6 Å². The Morgan fingerprint density at radius 1 is 0.688 bits per heavy atom. The molecular weight excluding hydrogens is 192 g/mol. The zero-order chi connectivity index (χ0) is 11.1. The number of rotatable bonds is 0. The first-order valence-electron chi connectivity index (χ1n) is 7.75. The lowest BCUT2D eigenvalue weighted by molar-refractivity contribution is -0.00903. The topological polar surface area (TPSA) is 0 Å². The van der Waals surface area contributed by atoms with Crippen LogP contribution in [0.2, 0.25) is 0 Å². The minimum atomic E-state index is 1.03. The van der Waals surface area contributed by atoms with E-state index in [1.807, 2.05) is 0 Å². The van der Waals surface area contributed by atoms with E-state index in [0.29, 0.717) is 0 Å². The van der Waals surface area contributed by atoms with Crippen LogP contribution in [0.5, 0.6) is 0 Å². The largest absolute Gasteiger partial charge is 0.0625 e. The summed E-state index contributed by atoms with van der Waals surface area (Å²) in [6.45, 7) is 5.01. The van der Waals surface area contributed by atoms with E-state index in [1.54, 1.807) is 32.1 Å². The van der Waals surface area contributed by atoms with Crippen molar-refractivity contribution in [3.05, 3.63) is 0 Å². The van der Waals surface area contributed by atoms with Gasteiger partial charge in [0.15, 0.2) is 0 Å². The molecule has 0 N–H and O–H groups in total. The molecule has 3 aliphatic carbocycles. The van der Waals surface area contributed by atoms with Gasteiger partial charge >= 0.3 is 0 Å². The Hall–Kier alpha value is 0. The second-order valence-electron chi connectivity index (χ2n) is 7.16. The second kappa shape index (κ2) is 4.35.